The fraction of sp³-hybridized carbons (Fsp3) is 0.500. The first-order valence-corrected chi connectivity index (χ1v) is 5.90. The van der Waals surface area contributed by atoms with Gasteiger partial charge in [-0.25, -0.2) is 4.98 Å². The number of morpholine rings is 1. The molecule has 1 amide bonds. The first-order valence-electron chi connectivity index (χ1n) is 5.90. The Balaban J connectivity index is 2.05. The van der Waals surface area contributed by atoms with Crippen molar-refractivity contribution in [2.24, 2.45) is 0 Å². The lowest BCUT2D eigenvalue weighted by Gasteiger charge is -2.32. The second-order valence-corrected chi connectivity index (χ2v) is 4.11. The number of nitrogens with zero attached hydrogens (tertiary/aromatic N) is 2. The van der Waals surface area contributed by atoms with Gasteiger partial charge in [-0.2, -0.15) is 0 Å². The van der Waals surface area contributed by atoms with E-state index in [4.69, 9.17) is 9.84 Å². The Hall–Kier alpha value is -1.66. The number of aliphatic hydroxyl groups excluding tert-OH is 1. The molecule has 0 bridgehead atoms. The number of amides is 1. The standard InChI is InChI=1S/C12H17N3O3/c1-13-11-3-2-9(6-14-11)12(17)15-4-5-18-10(7-15)8-16/h2-3,6,10,16H,4-5,7-8H2,1H3,(H,13,14). The van der Waals surface area contributed by atoms with Crippen molar-refractivity contribution in [3.8, 4) is 0 Å². The first-order chi connectivity index (χ1) is 8.74. The molecule has 0 aromatic carbocycles. The average molecular weight is 251 g/mol. The average Bonchev–Trinajstić information content (AvgIpc) is 2.46. The number of aromatic nitrogens is 1. The van der Waals surface area contributed by atoms with Crippen LogP contribution in [-0.4, -0.2) is 60.4 Å². The highest BCUT2D eigenvalue weighted by Gasteiger charge is 2.24. The van der Waals surface area contributed by atoms with Crippen molar-refractivity contribution in [2.75, 3.05) is 38.7 Å². The van der Waals surface area contributed by atoms with Crippen molar-refractivity contribution >= 4 is 11.7 Å². The van der Waals surface area contributed by atoms with Crippen LogP contribution in [0, 0.1) is 0 Å². The van der Waals surface area contributed by atoms with Gasteiger partial charge in [0.1, 0.15) is 5.82 Å². The van der Waals surface area contributed by atoms with Gasteiger partial charge in [0.05, 0.1) is 24.9 Å². The quantitative estimate of drug-likeness (QED) is 0.788. The lowest BCUT2D eigenvalue weighted by molar-refractivity contribution is -0.0447. The van der Waals surface area contributed by atoms with E-state index in [2.05, 4.69) is 10.3 Å². The summed E-state index contributed by atoms with van der Waals surface area (Å²) in [4.78, 5) is 18.0. The van der Waals surface area contributed by atoms with Gasteiger partial charge in [0.2, 0.25) is 0 Å². The van der Waals surface area contributed by atoms with Gasteiger partial charge in [0.25, 0.3) is 5.91 Å². The topological polar surface area (TPSA) is 74.7 Å². The molecule has 2 N–H and O–H groups in total. The Morgan fingerprint density at radius 2 is 2.50 bits per heavy atom. The van der Waals surface area contributed by atoms with Gasteiger partial charge in [-0.15, -0.1) is 0 Å². The molecule has 6 heteroatoms. The fourth-order valence-corrected chi connectivity index (χ4v) is 1.87. The third-order valence-corrected chi connectivity index (χ3v) is 2.90. The normalized spacial score (nSPS) is 19.7. The lowest BCUT2D eigenvalue weighted by atomic mass is 10.2. The molecule has 1 unspecified atom stereocenters. The number of carbonyl (C=O) groups is 1. The van der Waals surface area contributed by atoms with Crippen LogP contribution < -0.4 is 5.32 Å². The summed E-state index contributed by atoms with van der Waals surface area (Å²) in [5.74, 6) is 0.647. The van der Waals surface area contributed by atoms with Gasteiger partial charge in [-0.05, 0) is 12.1 Å². The van der Waals surface area contributed by atoms with Crippen molar-refractivity contribution in [1.29, 1.82) is 0 Å². The predicted molar refractivity (Wildman–Crippen MR) is 66.5 cm³/mol. The Bertz CT molecular complexity index is 408. The number of anilines is 1. The Kier molecular flexibility index (Phi) is 4.11. The summed E-state index contributed by atoms with van der Waals surface area (Å²) >= 11 is 0. The van der Waals surface area contributed by atoms with Crippen LogP contribution in [0.25, 0.3) is 0 Å². The minimum absolute atomic E-state index is 0.0687. The number of carbonyl (C=O) groups excluding carboxylic acids is 1. The predicted octanol–water partition coefficient (Wildman–Crippen LogP) is -0.0434. The molecule has 2 rings (SSSR count). The van der Waals surface area contributed by atoms with Crippen molar-refractivity contribution in [2.45, 2.75) is 6.10 Å². The third-order valence-electron chi connectivity index (χ3n) is 2.90. The van der Waals surface area contributed by atoms with E-state index in [0.717, 1.165) is 5.82 Å². The number of ether oxygens (including phenoxy) is 1. The van der Waals surface area contributed by atoms with Gasteiger partial charge in [0, 0.05) is 26.3 Å². The summed E-state index contributed by atoms with van der Waals surface area (Å²) in [6.45, 7) is 1.35. The van der Waals surface area contributed by atoms with Gasteiger partial charge in [-0.1, -0.05) is 0 Å². The van der Waals surface area contributed by atoms with E-state index < -0.39 is 0 Å². The lowest BCUT2D eigenvalue weighted by Crippen LogP contribution is -2.46. The summed E-state index contributed by atoms with van der Waals surface area (Å²) in [5.41, 5.74) is 0.549. The number of hydrogen-bond donors (Lipinski definition) is 2. The number of nitrogens with one attached hydrogen (secondary N) is 1. The molecule has 2 heterocycles. The van der Waals surface area contributed by atoms with Crippen LogP contribution in [0.1, 0.15) is 10.4 Å². The Morgan fingerprint density at radius 3 is 3.11 bits per heavy atom. The largest absolute Gasteiger partial charge is 0.394 e. The monoisotopic (exact) mass is 251 g/mol. The molecule has 0 radical (unpaired) electrons. The zero-order valence-electron chi connectivity index (χ0n) is 10.3. The molecule has 18 heavy (non-hydrogen) atoms. The molecular weight excluding hydrogens is 234 g/mol. The van der Waals surface area contributed by atoms with Crippen LogP contribution in [0.5, 0.6) is 0 Å². The van der Waals surface area contributed by atoms with E-state index in [9.17, 15) is 4.79 Å². The van der Waals surface area contributed by atoms with E-state index in [1.165, 1.54) is 0 Å². The summed E-state index contributed by atoms with van der Waals surface area (Å²) in [6.07, 6.45) is 1.27. The molecule has 6 nitrogen and oxygen atoms in total. The number of hydrogen-bond acceptors (Lipinski definition) is 5. The molecule has 0 spiro atoms. The summed E-state index contributed by atoms with van der Waals surface area (Å²) in [7, 11) is 1.78. The van der Waals surface area contributed by atoms with E-state index in [1.54, 1.807) is 30.3 Å². The van der Waals surface area contributed by atoms with Gasteiger partial charge >= 0.3 is 0 Å². The highest BCUT2D eigenvalue weighted by Crippen LogP contribution is 2.11. The van der Waals surface area contributed by atoms with E-state index in [1.807, 2.05) is 0 Å². The summed E-state index contributed by atoms with van der Waals surface area (Å²) < 4.78 is 5.31. The van der Waals surface area contributed by atoms with Crippen LogP contribution in [0.15, 0.2) is 18.3 Å². The molecule has 1 aromatic heterocycles. The van der Waals surface area contributed by atoms with Crippen molar-refractivity contribution in [3.63, 3.8) is 0 Å². The molecule has 98 valence electrons. The minimum Gasteiger partial charge on any atom is -0.394 e. The van der Waals surface area contributed by atoms with E-state index >= 15 is 0 Å². The smallest absolute Gasteiger partial charge is 0.255 e. The molecule has 1 atom stereocenters. The summed E-state index contributed by atoms with van der Waals surface area (Å²) in [5, 5.41) is 11.9. The third kappa shape index (κ3) is 2.77. The zero-order chi connectivity index (χ0) is 13.0. The Labute approximate surface area is 106 Å². The molecule has 1 fully saturated rings. The van der Waals surface area contributed by atoms with Crippen molar-refractivity contribution in [3.05, 3.63) is 23.9 Å². The van der Waals surface area contributed by atoms with Crippen molar-refractivity contribution in [1.82, 2.24) is 9.88 Å². The molecule has 1 aliphatic heterocycles. The van der Waals surface area contributed by atoms with Gasteiger partial charge in [-0.3, -0.25) is 4.79 Å². The van der Waals surface area contributed by atoms with Gasteiger partial charge < -0.3 is 20.1 Å². The van der Waals surface area contributed by atoms with Crippen LogP contribution in [0.3, 0.4) is 0 Å². The van der Waals surface area contributed by atoms with Gasteiger partial charge in [0.15, 0.2) is 0 Å². The van der Waals surface area contributed by atoms with Crippen LogP contribution in [0.2, 0.25) is 0 Å². The summed E-state index contributed by atoms with van der Waals surface area (Å²) in [6, 6.07) is 3.50. The maximum atomic E-state index is 12.2. The highest BCUT2D eigenvalue weighted by atomic mass is 16.5. The number of rotatable bonds is 3. The second kappa shape index (κ2) is 5.79. The van der Waals surface area contributed by atoms with Crippen molar-refractivity contribution < 1.29 is 14.6 Å². The SMILES string of the molecule is CNc1ccc(C(=O)N2CCOC(CO)C2)cn1. The highest BCUT2D eigenvalue weighted by molar-refractivity contribution is 5.94. The molecule has 1 aliphatic rings. The zero-order valence-corrected chi connectivity index (χ0v) is 10.3. The Morgan fingerprint density at radius 1 is 1.67 bits per heavy atom. The molecule has 0 aliphatic carbocycles. The fourth-order valence-electron chi connectivity index (χ4n) is 1.87. The maximum Gasteiger partial charge on any atom is 0.255 e. The molecular formula is C12H17N3O3. The minimum atomic E-state index is -0.285. The van der Waals surface area contributed by atoms with Crippen LogP contribution in [0.4, 0.5) is 5.82 Å². The molecule has 0 saturated carbocycles. The molecule has 1 saturated heterocycles. The van der Waals surface area contributed by atoms with E-state index in [0.29, 0.717) is 25.3 Å². The second-order valence-electron chi connectivity index (χ2n) is 4.11. The van der Waals surface area contributed by atoms with E-state index in [-0.39, 0.29) is 18.6 Å². The molecule has 1 aromatic rings. The van der Waals surface area contributed by atoms with Crippen LogP contribution >= 0.6 is 0 Å². The number of pyridine rings is 1. The first kappa shape index (κ1) is 12.8. The maximum absolute atomic E-state index is 12.2. The van der Waals surface area contributed by atoms with Crippen LogP contribution in [-0.2, 0) is 4.74 Å². The number of aliphatic hydroxyl groups is 1.